The molecule has 1 N–H and O–H groups in total. The molecule has 3 heteroatoms. The van der Waals surface area contributed by atoms with Gasteiger partial charge in [0.2, 0.25) is 0 Å². The Hall–Kier alpha value is 0.210. The highest BCUT2D eigenvalue weighted by molar-refractivity contribution is 6.18. The van der Waals surface area contributed by atoms with Crippen LogP contribution in [0, 0.1) is 0 Å². The number of aliphatic hydroxyl groups is 1. The van der Waals surface area contributed by atoms with Crippen molar-refractivity contribution in [3.05, 3.63) is 0 Å². The number of hydrogen-bond donors (Lipinski definition) is 1. The summed E-state index contributed by atoms with van der Waals surface area (Å²) in [6, 6.07) is 0. The van der Waals surface area contributed by atoms with Gasteiger partial charge >= 0.3 is 0 Å². The van der Waals surface area contributed by atoms with Gasteiger partial charge in [-0.3, -0.25) is 0 Å². The van der Waals surface area contributed by atoms with E-state index in [1.165, 1.54) is 0 Å². The van der Waals surface area contributed by atoms with Gasteiger partial charge in [0.15, 0.2) is 6.29 Å². The fourth-order valence-electron chi connectivity index (χ4n) is 0.401. The second kappa shape index (κ2) is 5.03. The lowest BCUT2D eigenvalue weighted by Crippen LogP contribution is -2.19. The molecule has 0 heterocycles. The molecule has 0 aromatic rings. The Morgan fingerprint density at radius 2 is 2.22 bits per heavy atom. The molecule has 0 saturated heterocycles. The van der Waals surface area contributed by atoms with Gasteiger partial charge in [0.25, 0.3) is 0 Å². The maximum atomic E-state index is 8.81. The maximum Gasteiger partial charge on any atom is 0.168 e. The molecular formula is C6H13ClO2. The normalized spacial score (nSPS) is 17.3. The van der Waals surface area contributed by atoms with Gasteiger partial charge in [-0.2, -0.15) is 0 Å². The highest BCUT2D eigenvalue weighted by Crippen LogP contribution is 2.00. The third-order valence-electron chi connectivity index (χ3n) is 1.10. The number of ether oxygens (including phenoxy) is 1. The van der Waals surface area contributed by atoms with Crippen molar-refractivity contribution in [3.63, 3.8) is 0 Å². The highest BCUT2D eigenvalue weighted by atomic mass is 35.5. The summed E-state index contributed by atoms with van der Waals surface area (Å²) in [5.74, 6) is 0.143. The average Bonchev–Trinajstić information content (AvgIpc) is 1.87. The number of halogens is 1. The van der Waals surface area contributed by atoms with Crippen LogP contribution in [0.2, 0.25) is 0 Å². The van der Waals surface area contributed by atoms with E-state index in [1.54, 1.807) is 0 Å². The fourth-order valence-corrected chi connectivity index (χ4v) is 0.473. The van der Waals surface area contributed by atoms with Crippen LogP contribution in [0.15, 0.2) is 0 Å². The molecule has 0 saturated carbocycles. The zero-order valence-electron chi connectivity index (χ0n) is 5.80. The first-order chi connectivity index (χ1) is 4.20. The number of hydrogen-bond acceptors (Lipinski definition) is 2. The standard InChI is InChI=1S/C6H13ClO2/c1-3-5(2)9-6(8)4-7/h5-6,8H,3-4H2,1-2H3. The van der Waals surface area contributed by atoms with Crippen LogP contribution in [-0.4, -0.2) is 23.4 Å². The Morgan fingerprint density at radius 3 is 2.56 bits per heavy atom. The summed E-state index contributed by atoms with van der Waals surface area (Å²) in [4.78, 5) is 0. The second-order valence-electron chi connectivity index (χ2n) is 1.96. The molecule has 0 radical (unpaired) electrons. The maximum absolute atomic E-state index is 8.81. The SMILES string of the molecule is CCC(C)OC(O)CCl. The summed E-state index contributed by atoms with van der Waals surface area (Å²) in [6.07, 6.45) is 0.189. The lowest BCUT2D eigenvalue weighted by atomic mass is 10.3. The first-order valence-corrected chi connectivity index (χ1v) is 3.63. The highest BCUT2D eigenvalue weighted by Gasteiger charge is 2.05. The summed E-state index contributed by atoms with van der Waals surface area (Å²) >= 11 is 5.28. The second-order valence-corrected chi connectivity index (χ2v) is 2.27. The molecule has 0 aromatic heterocycles. The first kappa shape index (κ1) is 9.21. The molecule has 56 valence electrons. The number of aliphatic hydroxyl groups excluding tert-OH is 1. The van der Waals surface area contributed by atoms with Crippen molar-refractivity contribution >= 4 is 11.6 Å². The van der Waals surface area contributed by atoms with Crippen LogP contribution in [0.4, 0.5) is 0 Å². The molecule has 0 aliphatic heterocycles. The van der Waals surface area contributed by atoms with Gasteiger partial charge < -0.3 is 9.84 Å². The largest absolute Gasteiger partial charge is 0.367 e. The molecule has 2 nitrogen and oxygen atoms in total. The number of rotatable bonds is 4. The predicted molar refractivity (Wildman–Crippen MR) is 37.6 cm³/mol. The van der Waals surface area contributed by atoms with Crippen LogP contribution in [0.25, 0.3) is 0 Å². The average molecular weight is 153 g/mol. The molecule has 2 atom stereocenters. The molecule has 0 spiro atoms. The molecule has 0 amide bonds. The van der Waals surface area contributed by atoms with E-state index in [1.807, 2.05) is 13.8 Å². The Balaban J connectivity index is 3.22. The Morgan fingerprint density at radius 1 is 1.67 bits per heavy atom. The predicted octanol–water partition coefficient (Wildman–Crippen LogP) is 1.36. The molecule has 0 fully saturated rings. The Kier molecular flexibility index (Phi) is 5.15. The van der Waals surface area contributed by atoms with Crippen molar-refractivity contribution in [2.45, 2.75) is 32.7 Å². The van der Waals surface area contributed by atoms with Gasteiger partial charge in [-0.05, 0) is 13.3 Å². The number of alkyl halides is 1. The van der Waals surface area contributed by atoms with Crippen molar-refractivity contribution in [2.75, 3.05) is 5.88 Å². The van der Waals surface area contributed by atoms with Crippen LogP contribution < -0.4 is 0 Å². The minimum atomic E-state index is -0.804. The molecule has 9 heavy (non-hydrogen) atoms. The first-order valence-electron chi connectivity index (χ1n) is 3.10. The van der Waals surface area contributed by atoms with E-state index in [9.17, 15) is 0 Å². The lowest BCUT2D eigenvalue weighted by molar-refractivity contribution is -0.116. The van der Waals surface area contributed by atoms with Crippen LogP contribution in [0.1, 0.15) is 20.3 Å². The van der Waals surface area contributed by atoms with Crippen LogP contribution in [0.3, 0.4) is 0 Å². The van der Waals surface area contributed by atoms with Crippen molar-refractivity contribution in [3.8, 4) is 0 Å². The molecule has 0 aliphatic rings. The van der Waals surface area contributed by atoms with Gasteiger partial charge in [-0.1, -0.05) is 6.92 Å². The van der Waals surface area contributed by atoms with E-state index >= 15 is 0 Å². The summed E-state index contributed by atoms with van der Waals surface area (Å²) in [5.41, 5.74) is 0. The minimum Gasteiger partial charge on any atom is -0.367 e. The van der Waals surface area contributed by atoms with Gasteiger partial charge in [0.1, 0.15) is 0 Å². The van der Waals surface area contributed by atoms with Crippen molar-refractivity contribution in [1.29, 1.82) is 0 Å². The van der Waals surface area contributed by atoms with Crippen molar-refractivity contribution in [1.82, 2.24) is 0 Å². The van der Waals surface area contributed by atoms with Crippen molar-refractivity contribution in [2.24, 2.45) is 0 Å². The molecule has 0 rings (SSSR count). The molecular weight excluding hydrogens is 140 g/mol. The minimum absolute atomic E-state index is 0.0961. The summed E-state index contributed by atoms with van der Waals surface area (Å²) in [5, 5.41) is 8.81. The lowest BCUT2D eigenvalue weighted by Gasteiger charge is -2.13. The summed E-state index contributed by atoms with van der Waals surface area (Å²) in [6.45, 7) is 3.89. The quantitative estimate of drug-likeness (QED) is 0.487. The van der Waals surface area contributed by atoms with Gasteiger partial charge in [-0.15, -0.1) is 11.6 Å². The zero-order chi connectivity index (χ0) is 7.28. The monoisotopic (exact) mass is 152 g/mol. The van der Waals surface area contributed by atoms with E-state index in [0.29, 0.717) is 0 Å². The summed E-state index contributed by atoms with van der Waals surface area (Å²) in [7, 11) is 0. The van der Waals surface area contributed by atoms with E-state index in [0.717, 1.165) is 6.42 Å². The van der Waals surface area contributed by atoms with E-state index in [-0.39, 0.29) is 12.0 Å². The van der Waals surface area contributed by atoms with Gasteiger partial charge in [0, 0.05) is 0 Å². The Bertz CT molecular complexity index is 60.1. The van der Waals surface area contributed by atoms with Crippen molar-refractivity contribution < 1.29 is 9.84 Å². The van der Waals surface area contributed by atoms with E-state index < -0.39 is 6.29 Å². The summed E-state index contributed by atoms with van der Waals surface area (Å²) < 4.78 is 4.97. The third-order valence-corrected chi connectivity index (χ3v) is 1.36. The van der Waals surface area contributed by atoms with E-state index in [4.69, 9.17) is 21.4 Å². The van der Waals surface area contributed by atoms with Crippen LogP contribution in [-0.2, 0) is 4.74 Å². The molecule has 2 unspecified atom stereocenters. The fraction of sp³-hybridized carbons (Fsp3) is 1.00. The topological polar surface area (TPSA) is 29.5 Å². The molecule has 0 aromatic carbocycles. The van der Waals surface area contributed by atoms with E-state index in [2.05, 4.69) is 0 Å². The smallest absolute Gasteiger partial charge is 0.168 e. The van der Waals surface area contributed by atoms with Crippen LogP contribution in [0.5, 0.6) is 0 Å². The van der Waals surface area contributed by atoms with Gasteiger partial charge in [-0.25, -0.2) is 0 Å². The third kappa shape index (κ3) is 4.70. The van der Waals surface area contributed by atoms with Crippen LogP contribution >= 0.6 is 11.6 Å². The Labute approximate surface area is 60.8 Å². The molecule has 0 bridgehead atoms. The van der Waals surface area contributed by atoms with Gasteiger partial charge in [0.05, 0.1) is 12.0 Å². The molecule has 0 aliphatic carbocycles. The zero-order valence-corrected chi connectivity index (χ0v) is 6.56.